The molecule has 0 radical (unpaired) electrons. The maximum atomic E-state index is 13.1. The molecule has 1 aliphatic heterocycles. The van der Waals surface area contributed by atoms with Crippen molar-refractivity contribution in [3.63, 3.8) is 0 Å². The van der Waals surface area contributed by atoms with Crippen molar-refractivity contribution in [3.8, 4) is 0 Å². The van der Waals surface area contributed by atoms with Gasteiger partial charge in [-0.25, -0.2) is 8.42 Å². The number of hydrogen-bond acceptors (Lipinski definition) is 4. The van der Waals surface area contributed by atoms with Crippen LogP contribution in [-0.4, -0.2) is 45.8 Å². The molecule has 1 aliphatic rings. The lowest BCUT2D eigenvalue weighted by atomic mass is 9.97. The smallest absolute Gasteiger partial charge is 0.243 e. The van der Waals surface area contributed by atoms with Gasteiger partial charge in [-0.1, -0.05) is 30.3 Å². The second-order valence-electron chi connectivity index (χ2n) is 8.12. The predicted molar refractivity (Wildman–Crippen MR) is 125 cm³/mol. The number of carbonyl (C=O) groups is 1. The second-order valence-corrected chi connectivity index (χ2v) is 10.1. The van der Waals surface area contributed by atoms with E-state index in [0.717, 1.165) is 22.1 Å². The molecule has 4 rings (SSSR count). The molecule has 0 bridgehead atoms. The standard InChI is InChI=1S/C24H27N3O3S/c1-26(2)22-10-8-21(9-11-22)25-24(28)19-13-15-27(16-14-19)31(29,30)23-12-7-18-5-3-4-6-20(18)17-23/h3-12,17,19H,13-16H2,1-2H3,(H,25,28). The van der Waals surface area contributed by atoms with Gasteiger partial charge in [0.15, 0.2) is 0 Å². The van der Waals surface area contributed by atoms with E-state index in [1.54, 1.807) is 12.1 Å². The zero-order valence-electron chi connectivity index (χ0n) is 17.8. The van der Waals surface area contributed by atoms with E-state index >= 15 is 0 Å². The number of anilines is 2. The number of hydrogen-bond donors (Lipinski definition) is 1. The van der Waals surface area contributed by atoms with Crippen LogP contribution in [0.2, 0.25) is 0 Å². The van der Waals surface area contributed by atoms with E-state index in [4.69, 9.17) is 0 Å². The summed E-state index contributed by atoms with van der Waals surface area (Å²) >= 11 is 0. The number of amides is 1. The largest absolute Gasteiger partial charge is 0.378 e. The van der Waals surface area contributed by atoms with Crippen LogP contribution in [0.25, 0.3) is 10.8 Å². The monoisotopic (exact) mass is 437 g/mol. The summed E-state index contributed by atoms with van der Waals surface area (Å²) in [6, 6.07) is 20.6. The van der Waals surface area contributed by atoms with Gasteiger partial charge in [-0.05, 0) is 60.0 Å². The third-order valence-electron chi connectivity index (χ3n) is 5.83. The van der Waals surface area contributed by atoms with Crippen LogP contribution in [0.3, 0.4) is 0 Å². The van der Waals surface area contributed by atoms with Gasteiger partial charge in [0.2, 0.25) is 15.9 Å². The van der Waals surface area contributed by atoms with Crippen LogP contribution < -0.4 is 10.2 Å². The summed E-state index contributed by atoms with van der Waals surface area (Å²) in [6.07, 6.45) is 1.02. The highest BCUT2D eigenvalue weighted by Gasteiger charge is 2.32. The number of carbonyl (C=O) groups excluding carboxylic acids is 1. The fraction of sp³-hybridized carbons (Fsp3) is 0.292. The summed E-state index contributed by atoms with van der Waals surface area (Å²) in [5, 5.41) is 4.87. The normalized spacial score (nSPS) is 15.7. The number of benzene rings is 3. The van der Waals surface area contributed by atoms with Gasteiger partial charge in [-0.3, -0.25) is 4.79 Å². The van der Waals surface area contributed by atoms with Crippen LogP contribution >= 0.6 is 0 Å². The predicted octanol–water partition coefficient (Wildman–Crippen LogP) is 3.95. The van der Waals surface area contributed by atoms with Crippen molar-refractivity contribution in [2.24, 2.45) is 5.92 Å². The lowest BCUT2D eigenvalue weighted by Gasteiger charge is -2.30. The average Bonchev–Trinajstić information content (AvgIpc) is 2.79. The Morgan fingerprint density at radius 3 is 2.23 bits per heavy atom. The van der Waals surface area contributed by atoms with Crippen molar-refractivity contribution in [1.82, 2.24) is 4.31 Å². The van der Waals surface area contributed by atoms with Gasteiger partial charge >= 0.3 is 0 Å². The van der Waals surface area contributed by atoms with Crippen molar-refractivity contribution in [1.29, 1.82) is 0 Å². The number of nitrogens with zero attached hydrogens (tertiary/aromatic N) is 2. The van der Waals surface area contributed by atoms with Gasteiger partial charge in [-0.2, -0.15) is 4.31 Å². The Labute approximate surface area is 183 Å². The van der Waals surface area contributed by atoms with Gasteiger partial charge in [0.1, 0.15) is 0 Å². The molecule has 1 fully saturated rings. The van der Waals surface area contributed by atoms with Gasteiger partial charge in [0.25, 0.3) is 0 Å². The van der Waals surface area contributed by atoms with Gasteiger partial charge in [0, 0.05) is 44.5 Å². The first kappa shape index (κ1) is 21.3. The molecule has 1 amide bonds. The highest BCUT2D eigenvalue weighted by molar-refractivity contribution is 7.89. The van der Waals surface area contributed by atoms with Crippen molar-refractivity contribution in [2.45, 2.75) is 17.7 Å². The minimum Gasteiger partial charge on any atom is -0.378 e. The maximum Gasteiger partial charge on any atom is 0.243 e. The molecule has 31 heavy (non-hydrogen) atoms. The molecule has 0 spiro atoms. The first-order valence-electron chi connectivity index (χ1n) is 10.4. The van der Waals surface area contributed by atoms with E-state index in [0.29, 0.717) is 30.8 Å². The Balaban J connectivity index is 1.39. The Morgan fingerprint density at radius 2 is 1.58 bits per heavy atom. The fourth-order valence-corrected chi connectivity index (χ4v) is 5.43. The van der Waals surface area contributed by atoms with E-state index in [9.17, 15) is 13.2 Å². The number of piperidine rings is 1. The van der Waals surface area contributed by atoms with Gasteiger partial charge in [0.05, 0.1) is 4.90 Å². The molecule has 162 valence electrons. The lowest BCUT2D eigenvalue weighted by Crippen LogP contribution is -2.41. The van der Waals surface area contributed by atoms with Crippen LogP contribution in [0, 0.1) is 5.92 Å². The zero-order valence-corrected chi connectivity index (χ0v) is 18.6. The fourth-order valence-electron chi connectivity index (χ4n) is 3.92. The van der Waals surface area contributed by atoms with Crippen LogP contribution in [0.5, 0.6) is 0 Å². The van der Waals surface area contributed by atoms with Crippen LogP contribution in [-0.2, 0) is 14.8 Å². The molecule has 0 saturated carbocycles. The molecular formula is C24H27N3O3S. The lowest BCUT2D eigenvalue weighted by molar-refractivity contribution is -0.120. The number of rotatable bonds is 5. The third kappa shape index (κ3) is 4.57. The van der Waals surface area contributed by atoms with E-state index in [1.165, 1.54) is 4.31 Å². The number of sulfonamides is 1. The minimum atomic E-state index is -3.58. The summed E-state index contributed by atoms with van der Waals surface area (Å²) in [5.74, 6) is -0.253. The first-order valence-corrected chi connectivity index (χ1v) is 11.9. The van der Waals surface area contributed by atoms with Gasteiger partial charge in [-0.15, -0.1) is 0 Å². The molecule has 0 atom stereocenters. The molecule has 0 aliphatic carbocycles. The molecule has 3 aromatic rings. The van der Waals surface area contributed by atoms with Crippen molar-refractivity contribution >= 4 is 38.1 Å². The van der Waals surface area contributed by atoms with E-state index in [1.807, 2.05) is 73.6 Å². The topological polar surface area (TPSA) is 69.7 Å². The molecule has 1 saturated heterocycles. The number of nitrogens with one attached hydrogen (secondary N) is 1. The summed E-state index contributed by atoms with van der Waals surface area (Å²) in [7, 11) is 0.354. The van der Waals surface area contributed by atoms with Crippen molar-refractivity contribution in [2.75, 3.05) is 37.4 Å². The first-order chi connectivity index (χ1) is 14.8. The van der Waals surface area contributed by atoms with Gasteiger partial charge < -0.3 is 10.2 Å². The highest BCUT2D eigenvalue weighted by atomic mass is 32.2. The van der Waals surface area contributed by atoms with Crippen LogP contribution in [0.1, 0.15) is 12.8 Å². The minimum absolute atomic E-state index is 0.0552. The van der Waals surface area contributed by atoms with E-state index in [2.05, 4.69) is 5.32 Å². The maximum absolute atomic E-state index is 13.1. The quantitative estimate of drug-likeness (QED) is 0.656. The Morgan fingerprint density at radius 1 is 0.935 bits per heavy atom. The number of fused-ring (bicyclic) bond motifs is 1. The summed E-state index contributed by atoms with van der Waals surface area (Å²) in [4.78, 5) is 15.0. The molecule has 0 aromatic heterocycles. The Kier molecular flexibility index (Phi) is 5.98. The van der Waals surface area contributed by atoms with Crippen LogP contribution in [0.15, 0.2) is 71.6 Å². The highest BCUT2D eigenvalue weighted by Crippen LogP contribution is 2.27. The molecule has 0 unspecified atom stereocenters. The molecule has 3 aromatic carbocycles. The average molecular weight is 438 g/mol. The van der Waals surface area contributed by atoms with E-state index in [-0.39, 0.29) is 11.8 Å². The molecule has 1 N–H and O–H groups in total. The summed E-state index contributed by atoms with van der Waals surface area (Å²) in [6.45, 7) is 0.680. The second kappa shape index (κ2) is 8.69. The van der Waals surface area contributed by atoms with Crippen molar-refractivity contribution < 1.29 is 13.2 Å². The SMILES string of the molecule is CN(C)c1ccc(NC(=O)C2CCN(S(=O)(=O)c3ccc4ccccc4c3)CC2)cc1. The third-order valence-corrected chi connectivity index (χ3v) is 7.73. The summed E-state index contributed by atoms with van der Waals surface area (Å²) < 4.78 is 27.7. The Hall–Kier alpha value is -2.90. The summed E-state index contributed by atoms with van der Waals surface area (Å²) in [5.41, 5.74) is 1.81. The molecule has 1 heterocycles. The molecular weight excluding hydrogens is 410 g/mol. The van der Waals surface area contributed by atoms with Crippen molar-refractivity contribution in [3.05, 3.63) is 66.7 Å². The molecule has 7 heteroatoms. The Bertz CT molecular complexity index is 1180. The zero-order chi connectivity index (χ0) is 22.0. The molecule has 6 nitrogen and oxygen atoms in total. The van der Waals surface area contributed by atoms with Crippen LogP contribution in [0.4, 0.5) is 11.4 Å². The van der Waals surface area contributed by atoms with E-state index < -0.39 is 10.0 Å².